The maximum atomic E-state index is 11.5. The summed E-state index contributed by atoms with van der Waals surface area (Å²) in [5.74, 6) is 0.571. The van der Waals surface area contributed by atoms with Crippen molar-refractivity contribution in [3.8, 4) is 0 Å². The lowest BCUT2D eigenvalue weighted by atomic mass is 10.0. The van der Waals surface area contributed by atoms with Crippen LogP contribution in [0, 0.1) is 0 Å². The van der Waals surface area contributed by atoms with E-state index in [-0.39, 0.29) is 42.5 Å². The summed E-state index contributed by atoms with van der Waals surface area (Å²) in [4.78, 5) is 31.2. The number of hydrogen-bond donors (Lipinski definition) is 3. The van der Waals surface area contributed by atoms with E-state index in [4.69, 9.17) is 0 Å². The van der Waals surface area contributed by atoms with E-state index in [1.165, 1.54) is 4.90 Å². The van der Waals surface area contributed by atoms with E-state index in [0.29, 0.717) is 25.2 Å². The summed E-state index contributed by atoms with van der Waals surface area (Å²) in [6.07, 6.45) is 2.19. The second kappa shape index (κ2) is 10.8. The Morgan fingerprint density at radius 1 is 1.32 bits per heavy atom. The zero-order valence-electron chi connectivity index (χ0n) is 15.4. The van der Waals surface area contributed by atoms with Crippen LogP contribution in [0.2, 0.25) is 0 Å². The van der Waals surface area contributed by atoms with E-state index < -0.39 is 0 Å². The van der Waals surface area contributed by atoms with E-state index >= 15 is 0 Å². The Balaban J connectivity index is 0.00000312. The lowest BCUT2D eigenvalue weighted by Gasteiger charge is -2.35. The number of carbonyl (C=O) groups excluding carboxylic acids is 2. The van der Waals surface area contributed by atoms with Crippen LogP contribution >= 0.6 is 24.0 Å². The number of amides is 3. The van der Waals surface area contributed by atoms with Gasteiger partial charge in [0.2, 0.25) is 5.91 Å². The van der Waals surface area contributed by atoms with Gasteiger partial charge in [-0.25, -0.2) is 4.79 Å². The zero-order valence-corrected chi connectivity index (χ0v) is 17.7. The molecule has 0 saturated carbocycles. The number of carbonyl (C=O) groups is 2. The summed E-state index contributed by atoms with van der Waals surface area (Å²) in [6.45, 7) is 10.3. The maximum Gasteiger partial charge on any atom is 0.324 e. The first-order chi connectivity index (χ1) is 11.5. The van der Waals surface area contributed by atoms with Crippen LogP contribution in [0.15, 0.2) is 4.99 Å². The summed E-state index contributed by atoms with van der Waals surface area (Å²) in [6, 6.07) is 0.681. The van der Waals surface area contributed by atoms with Gasteiger partial charge >= 0.3 is 6.03 Å². The van der Waals surface area contributed by atoms with Crippen LogP contribution in [-0.2, 0) is 4.79 Å². The molecule has 9 heteroatoms. The highest BCUT2D eigenvalue weighted by atomic mass is 127. The number of urea groups is 1. The largest absolute Gasteiger partial charge is 0.357 e. The van der Waals surface area contributed by atoms with Gasteiger partial charge in [0.05, 0.1) is 19.6 Å². The minimum Gasteiger partial charge on any atom is -0.357 e. The molecule has 0 unspecified atom stereocenters. The first kappa shape index (κ1) is 21.9. The van der Waals surface area contributed by atoms with Crippen LogP contribution in [0.4, 0.5) is 4.79 Å². The van der Waals surface area contributed by atoms with Crippen LogP contribution in [0.3, 0.4) is 0 Å². The molecule has 0 radical (unpaired) electrons. The number of guanidine groups is 1. The van der Waals surface area contributed by atoms with Crippen LogP contribution in [0.5, 0.6) is 0 Å². The minimum atomic E-state index is -0.325. The zero-order chi connectivity index (χ0) is 17.5. The van der Waals surface area contributed by atoms with Crippen LogP contribution in [0.25, 0.3) is 0 Å². The molecule has 3 amide bonds. The Kier molecular flexibility index (Phi) is 9.47. The van der Waals surface area contributed by atoms with Gasteiger partial charge in [0, 0.05) is 31.7 Å². The number of imide groups is 1. The first-order valence-electron chi connectivity index (χ1n) is 8.88. The van der Waals surface area contributed by atoms with E-state index in [1.807, 2.05) is 6.92 Å². The van der Waals surface area contributed by atoms with Gasteiger partial charge in [-0.1, -0.05) is 0 Å². The highest BCUT2D eigenvalue weighted by molar-refractivity contribution is 14.0. The number of aliphatic imine (C=N–C) groups is 1. The molecule has 0 aromatic heterocycles. The van der Waals surface area contributed by atoms with Crippen molar-refractivity contribution in [1.82, 2.24) is 25.8 Å². The third-order valence-electron chi connectivity index (χ3n) is 4.48. The molecule has 0 aromatic rings. The fourth-order valence-corrected chi connectivity index (χ4v) is 3.02. The normalized spacial score (nSPS) is 19.8. The molecule has 25 heavy (non-hydrogen) atoms. The van der Waals surface area contributed by atoms with E-state index in [9.17, 15) is 9.59 Å². The molecule has 3 N–H and O–H groups in total. The topological polar surface area (TPSA) is 89.1 Å². The summed E-state index contributed by atoms with van der Waals surface area (Å²) in [5.41, 5.74) is 0. The second-order valence-electron chi connectivity index (χ2n) is 6.51. The third kappa shape index (κ3) is 6.61. The average Bonchev–Trinajstić information content (AvgIpc) is 2.87. The highest BCUT2D eigenvalue weighted by Crippen LogP contribution is 2.12. The molecule has 0 aromatic carbocycles. The van der Waals surface area contributed by atoms with E-state index in [1.54, 1.807) is 0 Å². The second-order valence-corrected chi connectivity index (χ2v) is 6.51. The molecular weight excluding hydrogens is 435 g/mol. The number of hydrogen-bond acceptors (Lipinski definition) is 4. The Morgan fingerprint density at radius 2 is 2.00 bits per heavy atom. The van der Waals surface area contributed by atoms with Crippen molar-refractivity contribution >= 4 is 41.9 Å². The maximum absolute atomic E-state index is 11.5. The molecule has 2 aliphatic rings. The van der Waals surface area contributed by atoms with Crippen molar-refractivity contribution in [2.75, 3.05) is 39.3 Å². The molecule has 0 aliphatic carbocycles. The van der Waals surface area contributed by atoms with Crippen molar-refractivity contribution in [1.29, 1.82) is 0 Å². The van der Waals surface area contributed by atoms with Crippen molar-refractivity contribution in [3.05, 3.63) is 0 Å². The molecule has 2 rings (SSSR count). The number of piperidine rings is 1. The predicted octanol–water partition coefficient (Wildman–Crippen LogP) is 0.584. The van der Waals surface area contributed by atoms with Crippen molar-refractivity contribution in [2.45, 2.75) is 45.7 Å². The van der Waals surface area contributed by atoms with Crippen LogP contribution in [-0.4, -0.2) is 79.0 Å². The number of halogens is 1. The number of nitrogens with zero attached hydrogens (tertiary/aromatic N) is 3. The Morgan fingerprint density at radius 3 is 2.52 bits per heavy atom. The van der Waals surface area contributed by atoms with Gasteiger partial charge in [0.25, 0.3) is 0 Å². The van der Waals surface area contributed by atoms with Crippen molar-refractivity contribution in [2.24, 2.45) is 4.99 Å². The standard InChI is InChI=1S/C16H30N6O2.HI/c1-4-17-15(18-7-10-22-14(23)11-19-16(22)24)20-13-5-8-21(9-6-13)12(2)3;/h12-13H,4-11H2,1-3H3,(H,19,24)(H2,17,18,20);1H. The fraction of sp³-hybridized carbons (Fsp3) is 0.812. The summed E-state index contributed by atoms with van der Waals surface area (Å²) >= 11 is 0. The molecule has 0 atom stereocenters. The fourth-order valence-electron chi connectivity index (χ4n) is 3.02. The Bertz CT molecular complexity index is 461. The van der Waals surface area contributed by atoms with Gasteiger partial charge in [-0.15, -0.1) is 24.0 Å². The molecule has 144 valence electrons. The molecule has 0 spiro atoms. The monoisotopic (exact) mass is 466 g/mol. The Labute approximate surface area is 167 Å². The van der Waals surface area contributed by atoms with Gasteiger partial charge < -0.3 is 20.9 Å². The van der Waals surface area contributed by atoms with Crippen molar-refractivity contribution < 1.29 is 9.59 Å². The quantitative estimate of drug-likeness (QED) is 0.231. The predicted molar refractivity (Wildman–Crippen MR) is 109 cm³/mol. The molecule has 0 bridgehead atoms. The lowest BCUT2D eigenvalue weighted by molar-refractivity contribution is -0.124. The van der Waals surface area contributed by atoms with Crippen LogP contribution in [0.1, 0.15) is 33.6 Å². The summed E-state index contributed by atoms with van der Waals surface area (Å²) in [5, 5.41) is 9.22. The third-order valence-corrected chi connectivity index (χ3v) is 4.48. The average molecular weight is 466 g/mol. The van der Waals surface area contributed by atoms with Gasteiger partial charge in [-0.05, 0) is 33.6 Å². The van der Waals surface area contributed by atoms with Crippen molar-refractivity contribution in [3.63, 3.8) is 0 Å². The molecule has 8 nitrogen and oxygen atoms in total. The van der Waals surface area contributed by atoms with E-state index in [0.717, 1.165) is 38.4 Å². The number of rotatable bonds is 6. The molecule has 2 fully saturated rings. The van der Waals surface area contributed by atoms with Gasteiger partial charge in [0.1, 0.15) is 0 Å². The number of likely N-dealkylation sites (tertiary alicyclic amines) is 1. The number of nitrogens with one attached hydrogen (secondary N) is 3. The molecular formula is C16H31IN6O2. The minimum absolute atomic E-state index is 0. The molecule has 2 heterocycles. The highest BCUT2D eigenvalue weighted by Gasteiger charge is 2.27. The molecule has 2 aliphatic heterocycles. The van der Waals surface area contributed by atoms with E-state index in [2.05, 4.69) is 39.7 Å². The van der Waals surface area contributed by atoms with Gasteiger partial charge in [-0.2, -0.15) is 0 Å². The Hall–Kier alpha value is -1.10. The molecule has 2 saturated heterocycles. The van der Waals surface area contributed by atoms with Crippen LogP contribution < -0.4 is 16.0 Å². The van der Waals surface area contributed by atoms with Gasteiger partial charge in [0.15, 0.2) is 5.96 Å². The SMILES string of the molecule is CCNC(=NCCN1C(=O)CNC1=O)NC1CCN(C(C)C)CC1.I. The summed E-state index contributed by atoms with van der Waals surface area (Å²) in [7, 11) is 0. The lowest BCUT2D eigenvalue weighted by Crippen LogP contribution is -2.50. The first-order valence-corrected chi connectivity index (χ1v) is 8.88. The smallest absolute Gasteiger partial charge is 0.324 e. The summed E-state index contributed by atoms with van der Waals surface area (Å²) < 4.78 is 0. The van der Waals surface area contributed by atoms with Gasteiger partial charge in [-0.3, -0.25) is 14.7 Å².